The number of benzene rings is 2. The zero-order valence-corrected chi connectivity index (χ0v) is 16.0. The van der Waals surface area contributed by atoms with E-state index >= 15 is 0 Å². The summed E-state index contributed by atoms with van der Waals surface area (Å²) in [5.41, 5.74) is 1.57. The molecule has 0 radical (unpaired) electrons. The first kappa shape index (κ1) is 19.9. The van der Waals surface area contributed by atoms with Gasteiger partial charge in [-0.2, -0.15) is 4.72 Å². The van der Waals surface area contributed by atoms with Crippen LogP contribution in [0.4, 0.5) is 0 Å². The zero-order valence-electron chi connectivity index (χ0n) is 15.2. The van der Waals surface area contributed by atoms with Crippen molar-refractivity contribution in [2.45, 2.75) is 31.2 Å². The van der Waals surface area contributed by atoms with Gasteiger partial charge in [-0.25, -0.2) is 8.42 Å². The van der Waals surface area contributed by atoms with E-state index in [4.69, 9.17) is 4.74 Å². The summed E-state index contributed by atoms with van der Waals surface area (Å²) in [7, 11) is -2.33. The van der Waals surface area contributed by atoms with Crippen molar-refractivity contribution in [1.29, 1.82) is 0 Å². The summed E-state index contributed by atoms with van der Waals surface area (Å²) in [5.74, 6) is 0.249. The highest BCUT2D eigenvalue weighted by Gasteiger charge is 2.26. The van der Waals surface area contributed by atoms with E-state index in [1.165, 1.54) is 19.2 Å². The number of carbonyl (C=O) groups excluding carboxylic acids is 1. The molecule has 7 heteroatoms. The minimum Gasteiger partial charge on any atom is -0.496 e. The predicted molar refractivity (Wildman–Crippen MR) is 101 cm³/mol. The van der Waals surface area contributed by atoms with E-state index < -0.39 is 16.1 Å². The third-order valence-corrected chi connectivity index (χ3v) is 5.39. The fraction of sp³-hybridized carbons (Fsp3) is 0.316. The summed E-state index contributed by atoms with van der Waals surface area (Å²) in [6, 6.07) is 13.0. The van der Waals surface area contributed by atoms with Crippen molar-refractivity contribution in [2.75, 3.05) is 13.7 Å². The Bertz CT molecular complexity index is 851. The largest absolute Gasteiger partial charge is 0.496 e. The normalized spacial score (nSPS) is 12.4. The number of aryl methyl sites for hydroxylation is 1. The molecule has 0 fully saturated rings. The van der Waals surface area contributed by atoms with Crippen molar-refractivity contribution >= 4 is 15.9 Å². The van der Waals surface area contributed by atoms with Crippen LogP contribution in [0.5, 0.6) is 5.75 Å². The second kappa shape index (κ2) is 8.82. The van der Waals surface area contributed by atoms with E-state index in [-0.39, 0.29) is 17.2 Å². The lowest BCUT2D eigenvalue weighted by atomic mass is 10.1. The lowest BCUT2D eigenvalue weighted by Crippen LogP contribution is -2.47. The van der Waals surface area contributed by atoms with Crippen molar-refractivity contribution in [3.05, 3.63) is 59.7 Å². The molecule has 0 saturated heterocycles. The second-order valence-electron chi connectivity index (χ2n) is 5.89. The van der Waals surface area contributed by atoms with Gasteiger partial charge >= 0.3 is 0 Å². The van der Waals surface area contributed by atoms with Gasteiger partial charge in [0.05, 0.1) is 12.0 Å². The first-order chi connectivity index (χ1) is 12.4. The van der Waals surface area contributed by atoms with Gasteiger partial charge in [0.15, 0.2) is 0 Å². The van der Waals surface area contributed by atoms with Gasteiger partial charge in [-0.3, -0.25) is 4.79 Å². The molecule has 0 bridgehead atoms. The van der Waals surface area contributed by atoms with Crippen LogP contribution in [0.3, 0.4) is 0 Å². The summed E-state index contributed by atoms with van der Waals surface area (Å²) in [5, 5.41) is 2.68. The first-order valence-corrected chi connectivity index (χ1v) is 9.84. The van der Waals surface area contributed by atoms with Gasteiger partial charge in [-0.15, -0.1) is 0 Å². The summed E-state index contributed by atoms with van der Waals surface area (Å²) >= 11 is 0. The number of carbonyl (C=O) groups is 1. The Morgan fingerprint density at radius 3 is 2.42 bits per heavy atom. The maximum Gasteiger partial charge on any atom is 0.241 e. The highest BCUT2D eigenvalue weighted by molar-refractivity contribution is 7.89. The van der Waals surface area contributed by atoms with Crippen LogP contribution >= 0.6 is 0 Å². The van der Waals surface area contributed by atoms with Crippen LogP contribution in [0.15, 0.2) is 53.4 Å². The lowest BCUT2D eigenvalue weighted by molar-refractivity contribution is -0.122. The van der Waals surface area contributed by atoms with Crippen LogP contribution in [0, 0.1) is 6.92 Å². The molecule has 1 amide bonds. The number of likely N-dealkylation sites (N-methyl/N-ethyl adjacent to an activating group) is 1. The average molecular weight is 376 g/mol. The van der Waals surface area contributed by atoms with Crippen LogP contribution in [-0.2, 0) is 21.2 Å². The average Bonchev–Trinajstić information content (AvgIpc) is 2.62. The van der Waals surface area contributed by atoms with Crippen molar-refractivity contribution < 1.29 is 17.9 Å². The van der Waals surface area contributed by atoms with Gasteiger partial charge in [0.2, 0.25) is 15.9 Å². The molecule has 0 aliphatic carbocycles. The van der Waals surface area contributed by atoms with E-state index in [9.17, 15) is 13.2 Å². The number of amides is 1. The number of sulfonamides is 1. The fourth-order valence-corrected chi connectivity index (χ4v) is 3.89. The van der Waals surface area contributed by atoms with Crippen LogP contribution in [0.25, 0.3) is 0 Å². The van der Waals surface area contributed by atoms with Crippen LogP contribution in [0.1, 0.15) is 18.1 Å². The van der Waals surface area contributed by atoms with Crippen LogP contribution in [0.2, 0.25) is 0 Å². The smallest absolute Gasteiger partial charge is 0.241 e. The van der Waals surface area contributed by atoms with Crippen LogP contribution < -0.4 is 14.8 Å². The number of nitrogens with one attached hydrogen (secondary N) is 2. The Morgan fingerprint density at radius 1 is 1.15 bits per heavy atom. The number of hydrogen-bond acceptors (Lipinski definition) is 4. The standard InChI is InChI=1S/C19H24N2O4S/c1-4-20-19(22)17(13-15-8-6-5-7-9-15)21-26(23,24)16-10-11-18(25-3)14(2)12-16/h5-12,17,21H,4,13H2,1-3H3,(H,20,22). The van der Waals surface area contributed by atoms with E-state index in [1.807, 2.05) is 30.3 Å². The van der Waals surface area contributed by atoms with Crippen molar-refractivity contribution in [3.8, 4) is 5.75 Å². The Labute approximate surface area is 154 Å². The van der Waals surface area contributed by atoms with E-state index in [1.54, 1.807) is 19.9 Å². The number of hydrogen-bond donors (Lipinski definition) is 2. The molecule has 2 aromatic carbocycles. The minimum absolute atomic E-state index is 0.0955. The molecule has 1 unspecified atom stereocenters. The molecular formula is C19H24N2O4S. The minimum atomic E-state index is -3.86. The SMILES string of the molecule is CCNC(=O)C(Cc1ccccc1)NS(=O)(=O)c1ccc(OC)c(C)c1. The molecule has 1 atom stereocenters. The molecule has 2 rings (SSSR count). The van der Waals surface area contributed by atoms with Crippen LogP contribution in [-0.4, -0.2) is 34.0 Å². The molecule has 0 spiro atoms. The molecule has 0 aliphatic heterocycles. The van der Waals surface area contributed by atoms with Gasteiger partial charge in [0.1, 0.15) is 11.8 Å². The third kappa shape index (κ3) is 5.06. The molecule has 0 aliphatic rings. The second-order valence-corrected chi connectivity index (χ2v) is 7.60. The highest BCUT2D eigenvalue weighted by atomic mass is 32.2. The highest BCUT2D eigenvalue weighted by Crippen LogP contribution is 2.21. The summed E-state index contributed by atoms with van der Waals surface area (Å²) in [6.45, 7) is 3.98. The molecule has 26 heavy (non-hydrogen) atoms. The lowest BCUT2D eigenvalue weighted by Gasteiger charge is -2.19. The molecule has 140 valence electrons. The van der Waals surface area contributed by atoms with Crippen molar-refractivity contribution in [3.63, 3.8) is 0 Å². The molecular weight excluding hydrogens is 352 g/mol. The molecule has 2 N–H and O–H groups in total. The quantitative estimate of drug-likeness (QED) is 0.738. The predicted octanol–water partition coefficient (Wildman–Crippen LogP) is 2.03. The molecule has 2 aromatic rings. The van der Waals surface area contributed by atoms with E-state index in [0.717, 1.165) is 5.56 Å². The van der Waals surface area contributed by atoms with Gasteiger partial charge in [-0.05, 0) is 49.6 Å². The van der Waals surface area contributed by atoms with Gasteiger partial charge in [0.25, 0.3) is 0 Å². The van der Waals surface area contributed by atoms with Crippen molar-refractivity contribution in [1.82, 2.24) is 10.0 Å². The Kier molecular flexibility index (Phi) is 6.76. The maximum atomic E-state index is 12.8. The Hall–Kier alpha value is -2.38. The van der Waals surface area contributed by atoms with E-state index in [2.05, 4.69) is 10.0 Å². The summed E-state index contributed by atoms with van der Waals surface area (Å²) in [4.78, 5) is 12.5. The molecule has 0 heterocycles. The van der Waals surface area contributed by atoms with Gasteiger partial charge in [0, 0.05) is 6.54 Å². The third-order valence-electron chi connectivity index (χ3n) is 3.92. The topological polar surface area (TPSA) is 84.5 Å². The fourth-order valence-electron chi connectivity index (χ4n) is 2.61. The first-order valence-electron chi connectivity index (χ1n) is 8.36. The van der Waals surface area contributed by atoms with Gasteiger partial charge in [-0.1, -0.05) is 30.3 Å². The Balaban J connectivity index is 2.27. The molecule has 0 aromatic heterocycles. The Morgan fingerprint density at radius 2 is 1.85 bits per heavy atom. The monoisotopic (exact) mass is 376 g/mol. The number of methoxy groups -OCH3 is 1. The number of ether oxygens (including phenoxy) is 1. The zero-order chi connectivity index (χ0) is 19.2. The summed E-state index contributed by atoms with van der Waals surface area (Å²) in [6.07, 6.45) is 0.265. The summed E-state index contributed by atoms with van der Waals surface area (Å²) < 4.78 is 33.2. The van der Waals surface area contributed by atoms with Crippen molar-refractivity contribution in [2.24, 2.45) is 0 Å². The maximum absolute atomic E-state index is 12.8. The number of rotatable bonds is 8. The van der Waals surface area contributed by atoms with Gasteiger partial charge < -0.3 is 10.1 Å². The molecule has 0 saturated carbocycles. The van der Waals surface area contributed by atoms with E-state index in [0.29, 0.717) is 17.9 Å². The molecule has 6 nitrogen and oxygen atoms in total.